The molecule has 1 aromatic rings. The quantitative estimate of drug-likeness (QED) is 0.831. The Labute approximate surface area is 118 Å². The zero-order valence-corrected chi connectivity index (χ0v) is 12.8. The van der Waals surface area contributed by atoms with E-state index in [1.54, 1.807) is 0 Å². The van der Waals surface area contributed by atoms with Crippen molar-refractivity contribution in [2.75, 3.05) is 0 Å². The van der Waals surface area contributed by atoms with Gasteiger partial charge in [0.25, 0.3) is 0 Å². The van der Waals surface area contributed by atoms with Gasteiger partial charge in [0.2, 0.25) is 0 Å². The van der Waals surface area contributed by atoms with Crippen LogP contribution in [-0.2, 0) is 11.8 Å². The molecule has 0 bridgehead atoms. The normalized spacial score (nSPS) is 19.8. The van der Waals surface area contributed by atoms with Gasteiger partial charge >= 0.3 is 0 Å². The molecule has 1 fully saturated rings. The summed E-state index contributed by atoms with van der Waals surface area (Å²) in [5, 5.41) is 0. The van der Waals surface area contributed by atoms with E-state index in [0.717, 1.165) is 12.8 Å². The first-order valence-electron chi connectivity index (χ1n) is 7.93. The summed E-state index contributed by atoms with van der Waals surface area (Å²) < 4.78 is 0. The van der Waals surface area contributed by atoms with Crippen molar-refractivity contribution >= 4 is 0 Å². The average molecular weight is 259 g/mol. The fourth-order valence-electron chi connectivity index (χ4n) is 3.69. The monoisotopic (exact) mass is 259 g/mol. The minimum absolute atomic E-state index is 0.247. The van der Waals surface area contributed by atoms with Crippen LogP contribution in [0.1, 0.15) is 64.0 Å². The highest BCUT2D eigenvalue weighted by Gasteiger charge is 2.40. The molecule has 1 atom stereocenters. The topological polar surface area (TPSA) is 26.0 Å². The van der Waals surface area contributed by atoms with Crippen LogP contribution in [0.5, 0.6) is 0 Å². The predicted octanol–water partition coefficient (Wildman–Crippen LogP) is 4.43. The molecule has 0 radical (unpaired) electrons. The number of benzene rings is 1. The minimum atomic E-state index is 0.247. The van der Waals surface area contributed by atoms with E-state index < -0.39 is 0 Å². The maximum Gasteiger partial charge on any atom is 0.0139 e. The zero-order chi connectivity index (χ0) is 13.9. The zero-order valence-electron chi connectivity index (χ0n) is 12.8. The lowest BCUT2D eigenvalue weighted by atomic mass is 9.70. The van der Waals surface area contributed by atoms with Crippen molar-refractivity contribution in [2.45, 2.75) is 70.8 Å². The molecular weight excluding hydrogens is 230 g/mol. The molecule has 0 heterocycles. The van der Waals surface area contributed by atoms with Gasteiger partial charge in [0.15, 0.2) is 0 Å². The summed E-state index contributed by atoms with van der Waals surface area (Å²) in [5.41, 5.74) is 9.77. The second-order valence-corrected chi connectivity index (χ2v) is 6.65. The van der Waals surface area contributed by atoms with E-state index in [1.165, 1.54) is 36.8 Å². The molecule has 1 saturated carbocycles. The number of nitrogens with two attached hydrogens (primary N) is 1. The first kappa shape index (κ1) is 14.6. The molecule has 0 aromatic heterocycles. The van der Waals surface area contributed by atoms with E-state index >= 15 is 0 Å². The summed E-state index contributed by atoms with van der Waals surface area (Å²) in [6.45, 7) is 6.77. The van der Waals surface area contributed by atoms with Crippen molar-refractivity contribution in [3.05, 3.63) is 35.4 Å². The van der Waals surface area contributed by atoms with Crippen molar-refractivity contribution in [2.24, 2.45) is 11.7 Å². The summed E-state index contributed by atoms with van der Waals surface area (Å²) >= 11 is 0. The van der Waals surface area contributed by atoms with E-state index in [4.69, 9.17) is 5.73 Å². The van der Waals surface area contributed by atoms with Crippen LogP contribution in [-0.4, -0.2) is 6.04 Å². The highest BCUT2D eigenvalue weighted by molar-refractivity contribution is 5.32. The van der Waals surface area contributed by atoms with Gasteiger partial charge in [0.05, 0.1) is 0 Å². The van der Waals surface area contributed by atoms with Gasteiger partial charge in [-0.15, -0.1) is 0 Å². The molecule has 0 amide bonds. The Bertz CT molecular complexity index is 385. The molecule has 0 aliphatic heterocycles. The molecule has 0 saturated heterocycles. The van der Waals surface area contributed by atoms with Gasteiger partial charge < -0.3 is 5.73 Å². The van der Waals surface area contributed by atoms with Crippen LogP contribution in [0.3, 0.4) is 0 Å². The molecule has 106 valence electrons. The molecule has 19 heavy (non-hydrogen) atoms. The Kier molecular flexibility index (Phi) is 4.67. The van der Waals surface area contributed by atoms with Crippen LogP contribution in [0.2, 0.25) is 0 Å². The maximum absolute atomic E-state index is 6.62. The highest BCUT2D eigenvalue weighted by atomic mass is 14.7. The van der Waals surface area contributed by atoms with Crippen molar-refractivity contribution in [3.63, 3.8) is 0 Å². The Balaban J connectivity index is 2.27. The van der Waals surface area contributed by atoms with Gasteiger partial charge in [-0.1, -0.05) is 57.9 Å². The average Bonchev–Trinajstić information content (AvgIpc) is 2.89. The third kappa shape index (κ3) is 3.02. The van der Waals surface area contributed by atoms with E-state index in [1.807, 2.05) is 0 Å². The number of aryl methyl sites for hydroxylation is 1. The van der Waals surface area contributed by atoms with Crippen LogP contribution >= 0.6 is 0 Å². The van der Waals surface area contributed by atoms with Gasteiger partial charge in [-0.3, -0.25) is 0 Å². The highest BCUT2D eigenvalue weighted by Crippen LogP contribution is 2.44. The van der Waals surface area contributed by atoms with E-state index in [2.05, 4.69) is 45.0 Å². The summed E-state index contributed by atoms with van der Waals surface area (Å²) in [6.07, 6.45) is 7.46. The van der Waals surface area contributed by atoms with Crippen molar-refractivity contribution in [1.29, 1.82) is 0 Å². The molecule has 2 N–H and O–H groups in total. The molecular formula is C18H29N. The van der Waals surface area contributed by atoms with Gasteiger partial charge in [0, 0.05) is 11.5 Å². The van der Waals surface area contributed by atoms with Gasteiger partial charge in [0.1, 0.15) is 0 Å². The van der Waals surface area contributed by atoms with Gasteiger partial charge in [-0.05, 0) is 42.7 Å². The van der Waals surface area contributed by atoms with Crippen LogP contribution in [0.25, 0.3) is 0 Å². The maximum atomic E-state index is 6.62. The summed E-state index contributed by atoms with van der Waals surface area (Å²) in [4.78, 5) is 0. The molecule has 1 heteroatoms. The van der Waals surface area contributed by atoms with E-state index in [-0.39, 0.29) is 5.41 Å². The lowest BCUT2D eigenvalue weighted by Gasteiger charge is -2.37. The molecule has 0 spiro atoms. The summed E-state index contributed by atoms with van der Waals surface area (Å²) in [6, 6.07) is 9.56. The third-order valence-corrected chi connectivity index (χ3v) is 4.87. The lowest BCUT2D eigenvalue weighted by molar-refractivity contribution is 0.307. The molecule has 1 aromatic carbocycles. The van der Waals surface area contributed by atoms with Crippen LogP contribution < -0.4 is 5.73 Å². The van der Waals surface area contributed by atoms with Crippen molar-refractivity contribution < 1.29 is 0 Å². The molecule has 2 rings (SSSR count). The van der Waals surface area contributed by atoms with Gasteiger partial charge in [-0.25, -0.2) is 0 Å². The SMILES string of the molecule is CCc1ccc(C2(C(N)CC(C)C)CCCC2)cc1. The van der Waals surface area contributed by atoms with E-state index in [9.17, 15) is 0 Å². The fourth-order valence-corrected chi connectivity index (χ4v) is 3.69. The van der Waals surface area contributed by atoms with Crippen LogP contribution in [0.4, 0.5) is 0 Å². The molecule has 1 aliphatic carbocycles. The predicted molar refractivity (Wildman–Crippen MR) is 83.4 cm³/mol. The molecule has 1 aliphatic rings. The number of hydrogen-bond donors (Lipinski definition) is 1. The van der Waals surface area contributed by atoms with E-state index in [0.29, 0.717) is 12.0 Å². The molecule has 1 unspecified atom stereocenters. The number of rotatable bonds is 5. The Morgan fingerprint density at radius 3 is 2.16 bits per heavy atom. The van der Waals surface area contributed by atoms with Gasteiger partial charge in [-0.2, -0.15) is 0 Å². The summed E-state index contributed by atoms with van der Waals surface area (Å²) in [5.74, 6) is 0.683. The first-order valence-corrected chi connectivity index (χ1v) is 7.93. The fraction of sp³-hybridized carbons (Fsp3) is 0.667. The molecule has 1 nitrogen and oxygen atoms in total. The minimum Gasteiger partial charge on any atom is -0.327 e. The third-order valence-electron chi connectivity index (χ3n) is 4.87. The first-order chi connectivity index (χ1) is 9.08. The lowest BCUT2D eigenvalue weighted by Crippen LogP contribution is -2.44. The second kappa shape index (κ2) is 6.09. The van der Waals surface area contributed by atoms with Crippen molar-refractivity contribution in [3.8, 4) is 0 Å². The largest absolute Gasteiger partial charge is 0.327 e. The Morgan fingerprint density at radius 2 is 1.68 bits per heavy atom. The van der Waals surface area contributed by atoms with Crippen LogP contribution in [0.15, 0.2) is 24.3 Å². The van der Waals surface area contributed by atoms with Crippen molar-refractivity contribution in [1.82, 2.24) is 0 Å². The smallest absolute Gasteiger partial charge is 0.0139 e. The van der Waals surface area contributed by atoms with Crippen LogP contribution in [0, 0.1) is 5.92 Å². The Morgan fingerprint density at radius 1 is 1.11 bits per heavy atom. The standard InChI is InChI=1S/C18H29N/c1-4-15-7-9-16(10-8-15)18(11-5-6-12-18)17(19)13-14(2)3/h7-10,14,17H,4-6,11-13,19H2,1-3H3. The Hall–Kier alpha value is -0.820. The summed E-state index contributed by atoms with van der Waals surface area (Å²) in [7, 11) is 0. The number of hydrogen-bond acceptors (Lipinski definition) is 1. The second-order valence-electron chi connectivity index (χ2n) is 6.65.